The van der Waals surface area contributed by atoms with Gasteiger partial charge in [0.15, 0.2) is 0 Å². The molecule has 8 nitrogen and oxygen atoms in total. The van der Waals surface area contributed by atoms with Gasteiger partial charge in [0.05, 0.1) is 25.0 Å². The van der Waals surface area contributed by atoms with Crippen molar-refractivity contribution in [3.05, 3.63) is 78.4 Å². The molecule has 4 heterocycles. The van der Waals surface area contributed by atoms with Gasteiger partial charge in [-0.05, 0) is 54.8 Å². The Balaban J connectivity index is 1.24. The molecular formula is C24H23N5O3. The summed E-state index contributed by atoms with van der Waals surface area (Å²) in [5.74, 6) is 0.977. The van der Waals surface area contributed by atoms with E-state index in [0.29, 0.717) is 17.3 Å². The SMILES string of the molecule is COc1ccc2cc(C(=O)Nc3ccc(ON4CCCC4c4ccncc4)nc3)[nH]c2c1. The van der Waals surface area contributed by atoms with Crippen molar-refractivity contribution in [2.45, 2.75) is 18.9 Å². The van der Waals surface area contributed by atoms with Crippen LogP contribution in [0.15, 0.2) is 67.1 Å². The van der Waals surface area contributed by atoms with Crippen LogP contribution in [0.5, 0.6) is 11.6 Å². The van der Waals surface area contributed by atoms with Crippen LogP contribution in [0.25, 0.3) is 10.9 Å². The Morgan fingerprint density at radius 1 is 1.16 bits per heavy atom. The first-order valence-electron chi connectivity index (χ1n) is 10.5. The van der Waals surface area contributed by atoms with E-state index in [9.17, 15) is 4.79 Å². The third-order valence-corrected chi connectivity index (χ3v) is 5.57. The van der Waals surface area contributed by atoms with Gasteiger partial charge in [0.25, 0.3) is 5.91 Å². The van der Waals surface area contributed by atoms with Gasteiger partial charge in [0, 0.05) is 42.0 Å². The Kier molecular flexibility index (Phi) is 5.43. The van der Waals surface area contributed by atoms with Gasteiger partial charge in [-0.2, -0.15) is 0 Å². The van der Waals surface area contributed by atoms with E-state index in [1.165, 1.54) is 5.56 Å². The summed E-state index contributed by atoms with van der Waals surface area (Å²) in [7, 11) is 1.61. The van der Waals surface area contributed by atoms with E-state index in [2.05, 4.69) is 20.3 Å². The molecule has 0 bridgehead atoms. The summed E-state index contributed by atoms with van der Waals surface area (Å²) in [6, 6.07) is 15.2. The molecular weight excluding hydrogens is 406 g/mol. The number of aromatic amines is 1. The smallest absolute Gasteiger partial charge is 0.272 e. The maximum atomic E-state index is 12.7. The fraction of sp³-hybridized carbons (Fsp3) is 0.208. The average molecular weight is 429 g/mol. The number of fused-ring (bicyclic) bond motifs is 1. The lowest BCUT2D eigenvalue weighted by Gasteiger charge is -2.23. The number of hydrogen-bond acceptors (Lipinski definition) is 6. The van der Waals surface area contributed by atoms with Gasteiger partial charge in [0.1, 0.15) is 11.4 Å². The van der Waals surface area contributed by atoms with E-state index in [1.807, 2.05) is 41.5 Å². The van der Waals surface area contributed by atoms with Crippen LogP contribution in [-0.4, -0.2) is 39.6 Å². The summed E-state index contributed by atoms with van der Waals surface area (Å²) in [5, 5.41) is 5.75. The van der Waals surface area contributed by atoms with Crippen LogP contribution >= 0.6 is 0 Å². The molecule has 0 radical (unpaired) electrons. The molecule has 1 aliphatic heterocycles. The van der Waals surface area contributed by atoms with Gasteiger partial charge in [-0.15, -0.1) is 5.06 Å². The number of ether oxygens (including phenoxy) is 1. The summed E-state index contributed by atoms with van der Waals surface area (Å²) in [4.78, 5) is 30.2. The van der Waals surface area contributed by atoms with Crippen LogP contribution < -0.4 is 14.9 Å². The second-order valence-electron chi connectivity index (χ2n) is 7.65. The highest BCUT2D eigenvalue weighted by atomic mass is 16.7. The molecule has 1 fully saturated rings. The minimum atomic E-state index is -0.243. The number of hydrogen-bond donors (Lipinski definition) is 2. The highest BCUT2D eigenvalue weighted by molar-refractivity contribution is 6.05. The van der Waals surface area contributed by atoms with Crippen molar-refractivity contribution in [1.29, 1.82) is 0 Å². The number of nitrogens with zero attached hydrogens (tertiary/aromatic N) is 3. The van der Waals surface area contributed by atoms with E-state index in [4.69, 9.17) is 9.57 Å². The number of carbonyl (C=O) groups is 1. The van der Waals surface area contributed by atoms with Crippen molar-refractivity contribution in [2.75, 3.05) is 19.0 Å². The summed E-state index contributed by atoms with van der Waals surface area (Å²) in [5.41, 5.74) is 3.07. The summed E-state index contributed by atoms with van der Waals surface area (Å²) in [6.07, 6.45) is 7.26. The zero-order valence-corrected chi connectivity index (χ0v) is 17.6. The van der Waals surface area contributed by atoms with E-state index in [-0.39, 0.29) is 11.9 Å². The van der Waals surface area contributed by atoms with Crippen LogP contribution in [0, 0.1) is 0 Å². The molecule has 1 saturated heterocycles. The molecule has 1 aliphatic rings. The zero-order chi connectivity index (χ0) is 21.9. The largest absolute Gasteiger partial charge is 0.497 e. The highest BCUT2D eigenvalue weighted by Gasteiger charge is 2.28. The van der Waals surface area contributed by atoms with E-state index in [0.717, 1.165) is 36.0 Å². The molecule has 162 valence electrons. The fourth-order valence-electron chi connectivity index (χ4n) is 3.95. The quantitative estimate of drug-likeness (QED) is 0.473. The molecule has 32 heavy (non-hydrogen) atoms. The van der Waals surface area contributed by atoms with Gasteiger partial charge in [0.2, 0.25) is 5.88 Å². The van der Waals surface area contributed by atoms with Crippen LogP contribution in [0.4, 0.5) is 5.69 Å². The monoisotopic (exact) mass is 429 g/mol. The number of benzene rings is 1. The van der Waals surface area contributed by atoms with Gasteiger partial charge < -0.3 is 19.9 Å². The number of carbonyl (C=O) groups excluding carboxylic acids is 1. The molecule has 5 rings (SSSR count). The second-order valence-corrected chi connectivity index (χ2v) is 7.65. The third kappa shape index (κ3) is 4.13. The minimum Gasteiger partial charge on any atom is -0.497 e. The predicted molar refractivity (Wildman–Crippen MR) is 121 cm³/mol. The first-order chi connectivity index (χ1) is 15.7. The van der Waals surface area contributed by atoms with Crippen molar-refractivity contribution in [3.8, 4) is 11.6 Å². The van der Waals surface area contributed by atoms with E-state index >= 15 is 0 Å². The van der Waals surface area contributed by atoms with Crippen molar-refractivity contribution in [2.24, 2.45) is 0 Å². The number of rotatable bonds is 6. The maximum Gasteiger partial charge on any atom is 0.272 e. The normalized spacial score (nSPS) is 16.2. The van der Waals surface area contributed by atoms with E-state index in [1.54, 1.807) is 37.8 Å². The number of pyridine rings is 2. The lowest BCUT2D eigenvalue weighted by atomic mass is 10.1. The molecule has 1 unspecified atom stereocenters. The number of nitrogens with one attached hydrogen (secondary N) is 2. The van der Waals surface area contributed by atoms with Crippen LogP contribution in [0.3, 0.4) is 0 Å². The molecule has 1 aromatic carbocycles. The Bertz CT molecular complexity index is 1220. The molecule has 3 aromatic heterocycles. The molecule has 0 aliphatic carbocycles. The third-order valence-electron chi connectivity index (χ3n) is 5.57. The van der Waals surface area contributed by atoms with Gasteiger partial charge >= 0.3 is 0 Å². The van der Waals surface area contributed by atoms with Crippen LogP contribution in [0.2, 0.25) is 0 Å². The topological polar surface area (TPSA) is 92.4 Å². The fourth-order valence-corrected chi connectivity index (χ4v) is 3.95. The highest BCUT2D eigenvalue weighted by Crippen LogP contribution is 2.32. The van der Waals surface area contributed by atoms with E-state index < -0.39 is 0 Å². The second kappa shape index (κ2) is 8.68. The first-order valence-corrected chi connectivity index (χ1v) is 10.5. The molecule has 2 N–H and O–H groups in total. The van der Waals surface area contributed by atoms with Crippen molar-refractivity contribution < 1.29 is 14.4 Å². The number of anilines is 1. The van der Waals surface area contributed by atoms with Crippen molar-refractivity contribution >= 4 is 22.5 Å². The number of aromatic nitrogens is 3. The summed E-state index contributed by atoms with van der Waals surface area (Å²) in [6.45, 7) is 0.832. The van der Waals surface area contributed by atoms with Gasteiger partial charge in [-0.1, -0.05) is 0 Å². The van der Waals surface area contributed by atoms with Crippen molar-refractivity contribution in [1.82, 2.24) is 20.0 Å². The Labute approximate surface area is 185 Å². The molecule has 1 amide bonds. The molecule has 0 spiro atoms. The molecule has 0 saturated carbocycles. The van der Waals surface area contributed by atoms with Crippen molar-refractivity contribution in [3.63, 3.8) is 0 Å². The molecule has 8 heteroatoms. The van der Waals surface area contributed by atoms with Crippen LogP contribution in [0.1, 0.15) is 34.9 Å². The number of H-pyrrole nitrogens is 1. The maximum absolute atomic E-state index is 12.7. The zero-order valence-electron chi connectivity index (χ0n) is 17.6. The number of methoxy groups -OCH3 is 1. The lowest BCUT2D eigenvalue weighted by molar-refractivity contribution is -0.0756. The minimum absolute atomic E-state index is 0.180. The summed E-state index contributed by atoms with van der Waals surface area (Å²) >= 11 is 0. The Morgan fingerprint density at radius 2 is 2.03 bits per heavy atom. The number of amides is 1. The first kappa shape index (κ1) is 20.0. The molecule has 4 aromatic rings. The van der Waals surface area contributed by atoms with Crippen LogP contribution in [-0.2, 0) is 0 Å². The predicted octanol–water partition coefficient (Wildman–Crippen LogP) is 4.35. The number of hydroxylamine groups is 2. The van der Waals surface area contributed by atoms with Gasteiger partial charge in [-0.3, -0.25) is 9.78 Å². The summed E-state index contributed by atoms with van der Waals surface area (Å²) < 4.78 is 5.23. The Morgan fingerprint density at radius 3 is 2.81 bits per heavy atom. The Hall–Kier alpha value is -3.91. The molecule has 1 atom stereocenters. The van der Waals surface area contributed by atoms with Gasteiger partial charge in [-0.25, -0.2) is 4.98 Å². The standard InChI is InChI=1S/C24H23N5O3/c1-31-19-6-4-17-13-21(28-20(17)14-19)24(30)27-18-5-7-23(26-15-18)32-29-12-2-3-22(29)16-8-10-25-11-9-16/h4-11,13-15,22,28H,2-3,12H2,1H3,(H,27,30). The average Bonchev–Trinajstić information content (AvgIpc) is 3.47. The lowest BCUT2D eigenvalue weighted by Crippen LogP contribution is -2.27.